The Hall–Kier alpha value is -6.44. The Balaban J connectivity index is 1.18. The minimum absolute atomic E-state index is 0.121. The summed E-state index contributed by atoms with van der Waals surface area (Å²) in [6.07, 6.45) is 0. The fourth-order valence-electron chi connectivity index (χ4n) is 10.2. The molecule has 0 amide bonds. The molecule has 11 rings (SSSR count). The van der Waals surface area contributed by atoms with Gasteiger partial charge in [-0.1, -0.05) is 171 Å². The first-order chi connectivity index (χ1) is 26.5. The van der Waals surface area contributed by atoms with Crippen LogP contribution in [-0.2, 0) is 10.8 Å². The summed E-state index contributed by atoms with van der Waals surface area (Å²) in [5, 5.41) is 0. The molecule has 0 unspecified atom stereocenters. The van der Waals surface area contributed by atoms with Gasteiger partial charge in [0, 0.05) is 22.4 Å². The summed E-state index contributed by atoms with van der Waals surface area (Å²) < 4.78 is 0. The van der Waals surface area contributed by atoms with Crippen LogP contribution in [0.4, 0.5) is 17.1 Å². The standard InChI is InChI=1S/C53H39N/c1-34-24-31-44-43(32-34)41-30-29-38(33-49(41)52(44,2)3)54(37-27-25-36(26-28-37)35-14-5-4-6-15-35)50-23-13-22-48-51(50)42-18-9-12-21-47(42)53(48)45-19-10-7-16-39(45)40-17-8-11-20-46(40)53/h4-33H,1-3H3. The van der Waals surface area contributed by atoms with Gasteiger partial charge >= 0.3 is 0 Å². The van der Waals surface area contributed by atoms with Gasteiger partial charge in [-0.15, -0.1) is 0 Å². The molecular formula is C53H39N. The normalized spacial score (nSPS) is 14.5. The Morgan fingerprint density at radius 2 is 0.926 bits per heavy atom. The lowest BCUT2D eigenvalue weighted by molar-refractivity contribution is 0.660. The monoisotopic (exact) mass is 689 g/mol. The molecule has 3 aliphatic rings. The molecule has 0 saturated heterocycles. The van der Waals surface area contributed by atoms with Crippen LogP contribution in [0.25, 0.3) is 44.5 Å². The fourth-order valence-corrected chi connectivity index (χ4v) is 10.2. The van der Waals surface area contributed by atoms with E-state index in [1.54, 1.807) is 0 Å². The first kappa shape index (κ1) is 31.1. The van der Waals surface area contributed by atoms with E-state index in [1.165, 1.54) is 89.1 Å². The van der Waals surface area contributed by atoms with Gasteiger partial charge in [0.05, 0.1) is 11.1 Å². The summed E-state index contributed by atoms with van der Waals surface area (Å²) in [7, 11) is 0. The molecule has 0 N–H and O–H groups in total. The maximum Gasteiger partial charge on any atom is 0.0726 e. The predicted molar refractivity (Wildman–Crippen MR) is 225 cm³/mol. The fraction of sp³-hybridized carbons (Fsp3) is 0.0943. The van der Waals surface area contributed by atoms with Gasteiger partial charge in [-0.25, -0.2) is 0 Å². The Bertz CT molecular complexity index is 2760. The second kappa shape index (κ2) is 11.3. The SMILES string of the molecule is Cc1ccc2c(c1)-c1ccc(N(c3ccc(-c4ccccc4)cc3)c3cccc4c3-c3ccccc3C43c4ccccc4-c4ccccc43)cc1C2(C)C. The molecule has 3 aliphatic carbocycles. The lowest BCUT2D eigenvalue weighted by Gasteiger charge is -2.32. The van der Waals surface area contributed by atoms with Gasteiger partial charge in [-0.05, 0) is 110 Å². The zero-order chi connectivity index (χ0) is 36.2. The van der Waals surface area contributed by atoms with E-state index in [0.717, 1.165) is 11.4 Å². The van der Waals surface area contributed by atoms with E-state index in [4.69, 9.17) is 0 Å². The summed E-state index contributed by atoms with van der Waals surface area (Å²) in [4.78, 5) is 2.51. The van der Waals surface area contributed by atoms with Crippen LogP contribution in [0, 0.1) is 6.92 Å². The maximum absolute atomic E-state index is 2.51. The molecule has 0 atom stereocenters. The van der Waals surface area contributed by atoms with E-state index >= 15 is 0 Å². The number of hydrogen-bond acceptors (Lipinski definition) is 1. The molecule has 1 spiro atoms. The summed E-state index contributed by atoms with van der Waals surface area (Å²) in [6.45, 7) is 6.96. The molecule has 0 bridgehead atoms. The van der Waals surface area contributed by atoms with Crippen molar-refractivity contribution in [2.45, 2.75) is 31.6 Å². The number of fused-ring (bicyclic) bond motifs is 13. The van der Waals surface area contributed by atoms with Crippen molar-refractivity contribution in [1.29, 1.82) is 0 Å². The highest BCUT2D eigenvalue weighted by molar-refractivity contribution is 6.01. The van der Waals surface area contributed by atoms with E-state index in [1.807, 2.05) is 0 Å². The zero-order valence-electron chi connectivity index (χ0n) is 30.8. The van der Waals surface area contributed by atoms with Gasteiger partial charge in [0.15, 0.2) is 0 Å². The summed E-state index contributed by atoms with van der Waals surface area (Å²) >= 11 is 0. The molecule has 0 aromatic heterocycles. The first-order valence-electron chi connectivity index (χ1n) is 19.1. The van der Waals surface area contributed by atoms with E-state index in [2.05, 4.69) is 208 Å². The molecule has 0 radical (unpaired) electrons. The summed E-state index contributed by atoms with van der Waals surface area (Å²) in [5.41, 5.74) is 22.8. The third-order valence-corrected chi connectivity index (χ3v) is 12.5. The van der Waals surface area contributed by atoms with Gasteiger partial charge in [0.25, 0.3) is 0 Å². The van der Waals surface area contributed by atoms with E-state index in [-0.39, 0.29) is 5.41 Å². The third kappa shape index (κ3) is 4.10. The molecule has 0 fully saturated rings. The van der Waals surface area contributed by atoms with Crippen LogP contribution >= 0.6 is 0 Å². The quantitative estimate of drug-likeness (QED) is 0.178. The average molecular weight is 690 g/mol. The summed E-state index contributed by atoms with van der Waals surface area (Å²) in [5.74, 6) is 0. The van der Waals surface area contributed by atoms with Crippen LogP contribution in [0.5, 0.6) is 0 Å². The average Bonchev–Trinajstić information content (AvgIpc) is 3.77. The largest absolute Gasteiger partial charge is 0.310 e. The topological polar surface area (TPSA) is 3.24 Å². The van der Waals surface area contributed by atoms with E-state index in [9.17, 15) is 0 Å². The second-order valence-electron chi connectivity index (χ2n) is 15.7. The van der Waals surface area contributed by atoms with Crippen molar-refractivity contribution >= 4 is 17.1 Å². The number of benzene rings is 8. The molecule has 0 heterocycles. The van der Waals surface area contributed by atoms with E-state index in [0.29, 0.717) is 0 Å². The molecule has 54 heavy (non-hydrogen) atoms. The van der Waals surface area contributed by atoms with Crippen LogP contribution in [0.1, 0.15) is 52.8 Å². The Labute approximate surface area is 317 Å². The van der Waals surface area contributed by atoms with Crippen molar-refractivity contribution in [1.82, 2.24) is 0 Å². The molecule has 1 nitrogen and oxygen atoms in total. The van der Waals surface area contributed by atoms with Crippen molar-refractivity contribution in [2.24, 2.45) is 0 Å². The molecule has 0 aliphatic heterocycles. The Morgan fingerprint density at radius 3 is 1.63 bits per heavy atom. The van der Waals surface area contributed by atoms with Crippen molar-refractivity contribution in [3.05, 3.63) is 221 Å². The van der Waals surface area contributed by atoms with Crippen molar-refractivity contribution < 1.29 is 0 Å². The third-order valence-electron chi connectivity index (χ3n) is 12.5. The Morgan fingerprint density at radius 1 is 0.370 bits per heavy atom. The van der Waals surface area contributed by atoms with Crippen molar-refractivity contribution in [2.75, 3.05) is 4.90 Å². The van der Waals surface area contributed by atoms with Gasteiger partial charge < -0.3 is 4.90 Å². The van der Waals surface area contributed by atoms with Crippen LogP contribution in [0.15, 0.2) is 182 Å². The highest BCUT2D eigenvalue weighted by Gasteiger charge is 2.52. The van der Waals surface area contributed by atoms with Crippen LogP contribution in [0.3, 0.4) is 0 Å². The lowest BCUT2D eigenvalue weighted by atomic mass is 9.70. The summed E-state index contributed by atoms with van der Waals surface area (Å²) in [6, 6.07) is 68.2. The predicted octanol–water partition coefficient (Wildman–Crippen LogP) is 13.8. The number of rotatable bonds is 4. The minimum atomic E-state index is -0.405. The lowest BCUT2D eigenvalue weighted by Crippen LogP contribution is -2.26. The number of nitrogens with zero attached hydrogens (tertiary/aromatic N) is 1. The molecule has 0 saturated carbocycles. The van der Waals surface area contributed by atoms with Crippen LogP contribution < -0.4 is 4.90 Å². The van der Waals surface area contributed by atoms with E-state index < -0.39 is 5.41 Å². The molecular weight excluding hydrogens is 651 g/mol. The maximum atomic E-state index is 2.51. The van der Waals surface area contributed by atoms with Crippen molar-refractivity contribution in [3.63, 3.8) is 0 Å². The second-order valence-corrected chi connectivity index (χ2v) is 15.7. The highest BCUT2D eigenvalue weighted by atomic mass is 15.1. The molecule has 8 aromatic rings. The van der Waals surface area contributed by atoms with Gasteiger partial charge in [0.1, 0.15) is 0 Å². The number of anilines is 3. The molecule has 1 heteroatoms. The van der Waals surface area contributed by atoms with Crippen molar-refractivity contribution in [3.8, 4) is 44.5 Å². The number of aryl methyl sites for hydroxylation is 1. The Kier molecular flexibility index (Phi) is 6.50. The molecule has 8 aromatic carbocycles. The minimum Gasteiger partial charge on any atom is -0.310 e. The number of hydrogen-bond donors (Lipinski definition) is 0. The van der Waals surface area contributed by atoms with Gasteiger partial charge in [-0.3, -0.25) is 0 Å². The van der Waals surface area contributed by atoms with Gasteiger partial charge in [-0.2, -0.15) is 0 Å². The van der Waals surface area contributed by atoms with Crippen LogP contribution in [-0.4, -0.2) is 0 Å². The highest BCUT2D eigenvalue weighted by Crippen LogP contribution is 2.64. The van der Waals surface area contributed by atoms with Gasteiger partial charge in [0.2, 0.25) is 0 Å². The molecule has 256 valence electrons. The van der Waals surface area contributed by atoms with Crippen LogP contribution in [0.2, 0.25) is 0 Å². The smallest absolute Gasteiger partial charge is 0.0726 e. The zero-order valence-corrected chi connectivity index (χ0v) is 30.8. The first-order valence-corrected chi connectivity index (χ1v) is 19.1.